The number of rotatable bonds is 2. The number of amides is 1. The van der Waals surface area contributed by atoms with Crippen LogP contribution in [0.3, 0.4) is 0 Å². The summed E-state index contributed by atoms with van der Waals surface area (Å²) in [5.41, 5.74) is 0. The van der Waals surface area contributed by atoms with Crippen molar-refractivity contribution in [1.29, 1.82) is 0 Å². The molecule has 0 spiro atoms. The van der Waals surface area contributed by atoms with Crippen molar-refractivity contribution in [1.82, 2.24) is 4.72 Å². The first kappa shape index (κ1) is 3.76. The standard InChI is InChI=1S/CH3NO3S/c3-1-2-6(4)5/h1H,(H,2,3)(H,4,5)/p-1/i/hD. The average molecular weight is 109 g/mol. The third-order valence-electron chi connectivity index (χ3n) is 0.129. The van der Waals surface area contributed by atoms with Crippen molar-refractivity contribution in [2.45, 2.75) is 0 Å². The number of nitrogens with one attached hydrogen (secondary N) is 1. The summed E-state index contributed by atoms with van der Waals surface area (Å²) in [5.74, 6) is 0. The number of carbonyl (C=O) groups excluding carboxylic acids is 1. The molecular weight excluding hydrogens is 106 g/mol. The summed E-state index contributed by atoms with van der Waals surface area (Å²) < 4.78 is 24.8. The van der Waals surface area contributed by atoms with Gasteiger partial charge in [0.05, 0.1) is 0 Å². The summed E-state index contributed by atoms with van der Waals surface area (Å²) in [4.78, 5) is 9.29. The van der Waals surface area contributed by atoms with E-state index in [2.05, 4.69) is 0 Å². The van der Waals surface area contributed by atoms with E-state index in [9.17, 15) is 13.6 Å². The topological polar surface area (TPSA) is 69.2 Å². The lowest BCUT2D eigenvalue weighted by atomic mass is 11.5. The van der Waals surface area contributed by atoms with Crippen LogP contribution < -0.4 is 4.72 Å². The highest BCUT2D eigenvalue weighted by Gasteiger charge is 1.65. The second-order valence-corrected chi connectivity index (χ2v) is 1.07. The fraction of sp³-hybridized carbons (Fsp3) is 0. The first-order valence-corrected chi connectivity index (χ1v) is 2.04. The minimum absolute atomic E-state index is 0.122. The van der Waals surface area contributed by atoms with Crippen molar-refractivity contribution < 1.29 is 15.0 Å². The van der Waals surface area contributed by atoms with E-state index in [1.54, 1.807) is 0 Å². The van der Waals surface area contributed by atoms with Crippen molar-refractivity contribution in [2.75, 3.05) is 0 Å². The molecule has 0 bridgehead atoms. The summed E-state index contributed by atoms with van der Waals surface area (Å²) in [6, 6.07) is 0. The van der Waals surface area contributed by atoms with Crippen molar-refractivity contribution in [3.8, 4) is 0 Å². The molecule has 0 saturated heterocycles. The largest absolute Gasteiger partial charge is 0.755 e. The van der Waals surface area contributed by atoms with Crippen LogP contribution in [0.1, 0.15) is 0 Å². The Morgan fingerprint density at radius 1 is 2.17 bits per heavy atom. The highest BCUT2D eigenvalue weighted by atomic mass is 32.2. The molecule has 0 aromatic carbocycles. The number of carbonyl (C=O) groups is 1. The van der Waals surface area contributed by atoms with E-state index in [0.717, 1.165) is 0 Å². The molecule has 0 aromatic rings. The van der Waals surface area contributed by atoms with Crippen LogP contribution in [0, 0.1) is 0 Å². The average Bonchev–Trinajstić information content (AvgIpc) is 1.65. The van der Waals surface area contributed by atoms with Gasteiger partial charge in [-0.2, -0.15) is 0 Å². The predicted octanol–water partition coefficient (Wildman–Crippen LogP) is -1.47. The Balaban J connectivity index is 3.55. The Kier molecular flexibility index (Phi) is 1.75. The molecule has 0 aliphatic rings. The summed E-state index contributed by atoms with van der Waals surface area (Å²) in [7, 11) is 0. The summed E-state index contributed by atoms with van der Waals surface area (Å²) in [6.45, 7) is 0. The van der Waals surface area contributed by atoms with Crippen LogP contribution in [0.5, 0.6) is 0 Å². The lowest BCUT2D eigenvalue weighted by molar-refractivity contribution is -0.108. The van der Waals surface area contributed by atoms with Crippen LogP contribution >= 0.6 is 0 Å². The van der Waals surface area contributed by atoms with E-state index >= 15 is 0 Å². The quantitative estimate of drug-likeness (QED) is 0.347. The van der Waals surface area contributed by atoms with Gasteiger partial charge in [-0.25, -0.2) is 0 Å². The minimum Gasteiger partial charge on any atom is -0.755 e. The van der Waals surface area contributed by atoms with E-state index in [4.69, 9.17) is 1.41 Å². The van der Waals surface area contributed by atoms with E-state index in [-0.39, 0.29) is 11.1 Å². The Hall–Kier alpha value is -0.420. The van der Waals surface area contributed by atoms with Gasteiger partial charge in [-0.05, 0) is 0 Å². The highest BCUT2D eigenvalue weighted by molar-refractivity contribution is 7.77. The van der Waals surface area contributed by atoms with E-state index < -0.39 is 11.3 Å². The first-order chi connectivity index (χ1) is 3.18. The van der Waals surface area contributed by atoms with Gasteiger partial charge in [-0.1, -0.05) is 0 Å². The van der Waals surface area contributed by atoms with Crippen LogP contribution in [-0.4, -0.2) is 15.2 Å². The zero-order valence-electron chi connectivity index (χ0n) is 3.66. The second kappa shape index (κ2) is 2.80. The van der Waals surface area contributed by atoms with Gasteiger partial charge in [0.15, 0.2) is 1.41 Å². The van der Waals surface area contributed by atoms with Crippen LogP contribution in [-0.2, 0) is 16.1 Å². The Labute approximate surface area is 38.4 Å². The molecule has 0 aliphatic heterocycles. The fourth-order valence-corrected chi connectivity index (χ4v) is 0.105. The van der Waals surface area contributed by atoms with Gasteiger partial charge in [0, 0.05) is 11.3 Å². The van der Waals surface area contributed by atoms with Gasteiger partial charge >= 0.3 is 0 Å². The molecule has 0 saturated carbocycles. The van der Waals surface area contributed by atoms with E-state index in [0.29, 0.717) is 0 Å². The van der Waals surface area contributed by atoms with E-state index in [1.807, 2.05) is 0 Å². The molecule has 0 fully saturated rings. The molecule has 1 amide bonds. The monoisotopic (exact) mass is 109 g/mol. The fourth-order valence-electron chi connectivity index (χ4n) is 0.0351. The lowest BCUT2D eigenvalue weighted by Gasteiger charge is -1.96. The molecule has 0 radical (unpaired) electrons. The maximum atomic E-state index is 9.44. The summed E-state index contributed by atoms with van der Waals surface area (Å²) in [6.07, 6.45) is -0.122. The molecule has 1 atom stereocenters. The zero-order chi connectivity index (χ0) is 5.86. The van der Waals surface area contributed by atoms with Gasteiger partial charge in [-0.3, -0.25) is 13.7 Å². The van der Waals surface area contributed by atoms with Gasteiger partial charge in [0.2, 0.25) is 6.41 Å². The third kappa shape index (κ3) is 3.58. The van der Waals surface area contributed by atoms with Crippen LogP contribution in [0.2, 0.25) is 1.41 Å². The highest BCUT2D eigenvalue weighted by Crippen LogP contribution is 1.49. The molecular formula is CH2NO3S-. The van der Waals surface area contributed by atoms with Crippen LogP contribution in [0.4, 0.5) is 0 Å². The van der Waals surface area contributed by atoms with Crippen molar-refractivity contribution in [3.63, 3.8) is 0 Å². The van der Waals surface area contributed by atoms with Crippen LogP contribution in [0.25, 0.3) is 0 Å². The molecule has 0 heterocycles. The van der Waals surface area contributed by atoms with Crippen LogP contribution in [0.15, 0.2) is 0 Å². The van der Waals surface area contributed by atoms with Crippen molar-refractivity contribution in [2.24, 2.45) is 0 Å². The van der Waals surface area contributed by atoms with Gasteiger partial charge < -0.3 is 4.55 Å². The molecule has 4 nitrogen and oxygen atoms in total. The maximum Gasteiger partial charge on any atom is 0.217 e. The second-order valence-electron chi connectivity index (χ2n) is 0.428. The summed E-state index contributed by atoms with van der Waals surface area (Å²) in [5, 5.41) is 0. The molecule has 6 heavy (non-hydrogen) atoms. The maximum absolute atomic E-state index is 9.44. The van der Waals surface area contributed by atoms with Gasteiger partial charge in [0.25, 0.3) is 0 Å². The van der Waals surface area contributed by atoms with Gasteiger partial charge in [-0.15, -0.1) is 0 Å². The Bertz CT molecular complexity index is 94.9. The summed E-state index contributed by atoms with van der Waals surface area (Å²) >= 11 is -2.73. The Morgan fingerprint density at radius 3 is 2.67 bits per heavy atom. The van der Waals surface area contributed by atoms with Gasteiger partial charge in [0.1, 0.15) is 0 Å². The van der Waals surface area contributed by atoms with Crippen molar-refractivity contribution in [3.05, 3.63) is 0 Å². The molecule has 1 unspecified atom stereocenters. The Morgan fingerprint density at radius 2 is 2.67 bits per heavy atom. The normalized spacial score (nSPS) is 15.2. The first-order valence-electron chi connectivity index (χ1n) is 1.46. The van der Waals surface area contributed by atoms with E-state index in [1.165, 1.54) is 0 Å². The lowest BCUT2D eigenvalue weighted by Crippen LogP contribution is -2.12. The number of hydrogen-bond donors (Lipinski definition) is 1. The molecule has 0 aliphatic carbocycles. The SMILES string of the molecule is [2H]N(C=O)S(=O)[O-]. The third-order valence-corrected chi connectivity index (χ3v) is 0.387. The molecule has 5 heteroatoms. The predicted molar refractivity (Wildman–Crippen MR) is 18.1 cm³/mol. The smallest absolute Gasteiger partial charge is 0.217 e. The molecule has 1 N–H and O–H groups in total. The molecule has 0 rings (SSSR count). The zero-order valence-corrected chi connectivity index (χ0v) is 3.47. The molecule has 0 aromatic heterocycles. The minimum atomic E-state index is -2.73. The molecule has 36 valence electrons. The van der Waals surface area contributed by atoms with Crippen molar-refractivity contribution >= 4 is 17.7 Å². The number of hydrogen-bond acceptors (Lipinski definition) is 3.